The molecule has 0 spiro atoms. The van der Waals surface area contributed by atoms with E-state index < -0.39 is 32.2 Å². The van der Waals surface area contributed by atoms with Gasteiger partial charge in [-0.25, -0.2) is 4.21 Å². The van der Waals surface area contributed by atoms with E-state index in [2.05, 4.69) is 16.3 Å². The average Bonchev–Trinajstić information content (AvgIpc) is 2.16. The summed E-state index contributed by atoms with van der Waals surface area (Å²) >= 11 is 9.36. The summed E-state index contributed by atoms with van der Waals surface area (Å²) in [6.45, 7) is 1.62. The molecule has 16 heavy (non-hydrogen) atoms. The molecule has 1 unspecified atom stereocenters. The molecular formula is C7H8Cl2F4O2S. The number of alkyl halides is 6. The Balaban J connectivity index is 5.03. The predicted octanol–water partition coefficient (Wildman–Crippen LogP) is 3.28. The van der Waals surface area contributed by atoms with E-state index in [0.717, 1.165) is 0 Å². The van der Waals surface area contributed by atoms with Gasteiger partial charge in [-0.3, -0.25) is 0 Å². The van der Waals surface area contributed by atoms with Crippen LogP contribution in [0, 0.1) is 0 Å². The number of hydrogen-bond donors (Lipinski definition) is 0. The van der Waals surface area contributed by atoms with Crippen LogP contribution in [-0.4, -0.2) is 27.3 Å². The van der Waals surface area contributed by atoms with Gasteiger partial charge in [-0.1, -0.05) is 0 Å². The predicted molar refractivity (Wildman–Crippen MR) is 54.3 cm³/mol. The van der Waals surface area contributed by atoms with Crippen molar-refractivity contribution in [2.75, 3.05) is 12.5 Å². The molecule has 96 valence electrons. The molecule has 0 heterocycles. The van der Waals surface area contributed by atoms with Crippen LogP contribution in [0.3, 0.4) is 0 Å². The van der Waals surface area contributed by atoms with Crippen LogP contribution >= 0.6 is 23.2 Å². The van der Waals surface area contributed by atoms with Crippen molar-refractivity contribution in [2.45, 2.75) is 17.6 Å². The van der Waals surface area contributed by atoms with E-state index in [1.54, 1.807) is 0 Å². The third-order valence-electron chi connectivity index (χ3n) is 1.31. The van der Waals surface area contributed by atoms with Crippen molar-refractivity contribution >= 4 is 34.0 Å². The second kappa shape index (κ2) is 6.07. The van der Waals surface area contributed by atoms with Gasteiger partial charge in [-0.15, -0.1) is 11.6 Å². The fourth-order valence-corrected chi connectivity index (χ4v) is 1.94. The van der Waals surface area contributed by atoms with Gasteiger partial charge in [-0.05, 0) is 18.5 Å². The van der Waals surface area contributed by atoms with Crippen molar-refractivity contribution in [1.82, 2.24) is 0 Å². The summed E-state index contributed by atoms with van der Waals surface area (Å²) < 4.78 is 65.9. The summed E-state index contributed by atoms with van der Waals surface area (Å²) in [5.74, 6) is -0.630. The van der Waals surface area contributed by atoms with Crippen molar-refractivity contribution in [3.63, 3.8) is 0 Å². The molecule has 0 aliphatic heterocycles. The first-order valence-corrected chi connectivity index (χ1v) is 5.97. The van der Waals surface area contributed by atoms with Gasteiger partial charge in [-0.2, -0.15) is 17.6 Å². The first-order chi connectivity index (χ1) is 7.18. The van der Waals surface area contributed by atoms with Crippen molar-refractivity contribution < 1.29 is 26.5 Å². The highest BCUT2D eigenvalue weighted by Gasteiger charge is 2.60. The molecule has 0 amide bonds. The number of rotatable bonds is 6. The molecule has 9 heteroatoms. The fraction of sp³-hybridized carbons (Fsp3) is 0.714. The zero-order valence-corrected chi connectivity index (χ0v) is 10.3. The molecule has 0 fully saturated rings. The Bertz CT molecular complexity index is 291. The quantitative estimate of drug-likeness (QED) is 0.428. The minimum atomic E-state index is -4.92. The number of allylic oxidation sites excluding steroid dienone is 1. The number of halogens is 6. The Morgan fingerprint density at radius 1 is 1.44 bits per heavy atom. The molecule has 0 aromatic carbocycles. The maximum atomic E-state index is 12.9. The Morgan fingerprint density at radius 2 is 1.94 bits per heavy atom. The lowest BCUT2D eigenvalue weighted by Crippen LogP contribution is -2.40. The molecule has 0 saturated heterocycles. The van der Waals surface area contributed by atoms with Crippen LogP contribution in [0.4, 0.5) is 17.6 Å². The Labute approximate surface area is 102 Å². The van der Waals surface area contributed by atoms with E-state index in [-0.39, 0.29) is 6.61 Å². The minimum absolute atomic E-state index is 0.0976. The summed E-state index contributed by atoms with van der Waals surface area (Å²) in [4.78, 5) is -0.658. The zero-order valence-electron chi connectivity index (χ0n) is 7.98. The molecule has 0 N–H and O–H groups in total. The Hall–Kier alpha value is -0.0100. The average molecular weight is 303 g/mol. The van der Waals surface area contributed by atoms with E-state index in [1.807, 2.05) is 0 Å². The van der Waals surface area contributed by atoms with E-state index in [1.165, 1.54) is 6.92 Å². The topological polar surface area (TPSA) is 26.3 Å². The Morgan fingerprint density at radius 3 is 2.25 bits per heavy atom. The molecule has 0 aromatic rings. The van der Waals surface area contributed by atoms with Gasteiger partial charge >= 0.3 is 10.6 Å². The Kier molecular flexibility index (Phi) is 6.06. The van der Waals surface area contributed by atoms with Gasteiger partial charge < -0.3 is 4.74 Å². The molecule has 2 nitrogen and oxygen atoms in total. The van der Waals surface area contributed by atoms with E-state index in [9.17, 15) is 21.8 Å². The van der Waals surface area contributed by atoms with E-state index in [4.69, 9.17) is 11.6 Å². The lowest BCUT2D eigenvalue weighted by molar-refractivity contribution is -0.0928. The standard InChI is InChI=1S/C7H8Cl2F4O2S/c1-2-15-4-5(3-8)16(14)7(12,13)6(9,10)11/h4H,2-3H2,1H3/b5-4+. The van der Waals surface area contributed by atoms with E-state index in [0.29, 0.717) is 6.26 Å². The second-order valence-corrected chi connectivity index (χ2v) is 4.77. The van der Waals surface area contributed by atoms with Gasteiger partial charge in [0, 0.05) is 0 Å². The van der Waals surface area contributed by atoms with Crippen LogP contribution in [0.5, 0.6) is 0 Å². The first-order valence-electron chi connectivity index (χ1n) is 3.91. The molecule has 0 bridgehead atoms. The van der Waals surface area contributed by atoms with Crippen molar-refractivity contribution in [2.24, 2.45) is 0 Å². The van der Waals surface area contributed by atoms with E-state index >= 15 is 0 Å². The second-order valence-electron chi connectivity index (χ2n) is 2.46. The van der Waals surface area contributed by atoms with Crippen LogP contribution in [0.1, 0.15) is 6.92 Å². The molecule has 0 saturated carbocycles. The highest BCUT2D eigenvalue weighted by molar-refractivity contribution is 7.90. The summed E-state index contributed by atoms with van der Waals surface area (Å²) in [5, 5.41) is -9.83. The van der Waals surface area contributed by atoms with Gasteiger partial charge in [0.25, 0.3) is 0 Å². The maximum Gasteiger partial charge on any atom is 0.401 e. The van der Waals surface area contributed by atoms with Crippen molar-refractivity contribution in [1.29, 1.82) is 0 Å². The first kappa shape index (κ1) is 16.0. The summed E-state index contributed by atoms with van der Waals surface area (Å²) in [5.41, 5.74) is 0. The van der Waals surface area contributed by atoms with Crippen LogP contribution in [-0.2, 0) is 15.5 Å². The zero-order chi connectivity index (χ0) is 13.0. The lowest BCUT2D eigenvalue weighted by atomic mass is 10.7. The summed E-state index contributed by atoms with van der Waals surface area (Å²) in [6, 6.07) is 0. The van der Waals surface area contributed by atoms with Gasteiger partial charge in [0.05, 0.1) is 23.7 Å². The van der Waals surface area contributed by atoms with Crippen LogP contribution < -0.4 is 0 Å². The molecule has 1 atom stereocenters. The summed E-state index contributed by atoms with van der Waals surface area (Å²) in [6.07, 6.45) is 0.666. The molecule has 0 aliphatic carbocycles. The van der Waals surface area contributed by atoms with Crippen molar-refractivity contribution in [3.05, 3.63) is 11.2 Å². The lowest BCUT2D eigenvalue weighted by Gasteiger charge is -2.20. The largest absolute Gasteiger partial charge is 0.501 e. The van der Waals surface area contributed by atoms with Gasteiger partial charge in [0.2, 0.25) is 0 Å². The maximum absolute atomic E-state index is 12.9. The van der Waals surface area contributed by atoms with Crippen LogP contribution in [0.15, 0.2) is 11.2 Å². The third-order valence-corrected chi connectivity index (χ3v) is 3.55. The van der Waals surface area contributed by atoms with Crippen LogP contribution in [0.25, 0.3) is 0 Å². The smallest absolute Gasteiger partial charge is 0.401 e. The molecular weight excluding hydrogens is 295 g/mol. The molecule has 0 radical (unpaired) electrons. The normalized spacial score (nSPS) is 16.1. The van der Waals surface area contributed by atoms with Crippen molar-refractivity contribution in [3.8, 4) is 0 Å². The molecule has 0 aliphatic rings. The monoisotopic (exact) mass is 302 g/mol. The third kappa shape index (κ3) is 3.78. The van der Waals surface area contributed by atoms with Gasteiger partial charge in [0.1, 0.15) is 10.8 Å². The van der Waals surface area contributed by atoms with Crippen LogP contribution in [0.2, 0.25) is 0 Å². The van der Waals surface area contributed by atoms with Gasteiger partial charge in [0.15, 0.2) is 0 Å². The number of hydrogen-bond acceptors (Lipinski definition) is 2. The molecule has 0 aromatic heterocycles. The highest BCUT2D eigenvalue weighted by atomic mass is 35.5. The molecule has 0 rings (SSSR count). The summed E-state index contributed by atoms with van der Waals surface area (Å²) in [7, 11) is -3.35. The SMILES string of the molecule is CCO/C=C(\CCl)S(=O)C(F)(F)C(F)(F)Cl. The minimum Gasteiger partial charge on any atom is -0.501 e. The fourth-order valence-electron chi connectivity index (χ4n) is 0.571. The highest BCUT2D eigenvalue weighted by Crippen LogP contribution is 2.42. The number of ether oxygens (including phenoxy) is 1.